The average molecular weight is 1450 g/mol. The number of ether oxygens (including phenoxy) is 4. The van der Waals surface area contributed by atoms with Crippen molar-refractivity contribution in [3.8, 4) is 0 Å². The normalized spacial score (nSPS) is 14.3. The molecule has 17 nitrogen and oxygen atoms in total. The maximum atomic E-state index is 13.1. The molecule has 6 atom stereocenters. The number of esters is 4. The van der Waals surface area contributed by atoms with Gasteiger partial charge in [-0.05, 0) is 49.4 Å². The van der Waals surface area contributed by atoms with Crippen molar-refractivity contribution in [1.29, 1.82) is 0 Å². The number of hydrogen-bond donors (Lipinski definition) is 3. The predicted molar refractivity (Wildman–Crippen MR) is 404 cm³/mol. The van der Waals surface area contributed by atoms with Gasteiger partial charge >= 0.3 is 39.5 Å². The number of aliphatic hydroxyl groups excluding tert-OH is 1. The van der Waals surface area contributed by atoms with E-state index in [1.807, 2.05) is 0 Å². The highest BCUT2D eigenvalue weighted by Gasteiger charge is 2.30. The van der Waals surface area contributed by atoms with Crippen LogP contribution in [0.5, 0.6) is 0 Å². The van der Waals surface area contributed by atoms with Crippen LogP contribution in [0, 0.1) is 23.7 Å². The molecule has 0 aromatic rings. The Hall–Kier alpha value is -1.94. The molecule has 19 heteroatoms. The van der Waals surface area contributed by atoms with Gasteiger partial charge in [0.05, 0.1) is 26.4 Å². The van der Waals surface area contributed by atoms with Gasteiger partial charge < -0.3 is 33.8 Å². The fraction of sp³-hybridized carbons (Fsp3) is 0.950. The van der Waals surface area contributed by atoms with Gasteiger partial charge in [-0.1, -0.05) is 357 Å². The van der Waals surface area contributed by atoms with Crippen LogP contribution in [0.25, 0.3) is 0 Å². The van der Waals surface area contributed by atoms with Crippen molar-refractivity contribution < 1.29 is 80.2 Å². The monoisotopic (exact) mass is 1450 g/mol. The summed E-state index contributed by atoms with van der Waals surface area (Å²) in [5.41, 5.74) is 0. The largest absolute Gasteiger partial charge is 0.472 e. The highest BCUT2D eigenvalue weighted by atomic mass is 31.2. The predicted octanol–water partition coefficient (Wildman–Crippen LogP) is 23.6. The molecule has 0 aromatic carbocycles. The van der Waals surface area contributed by atoms with Crippen LogP contribution in [0.3, 0.4) is 0 Å². The molecule has 4 unspecified atom stereocenters. The van der Waals surface area contributed by atoms with E-state index >= 15 is 0 Å². The lowest BCUT2D eigenvalue weighted by atomic mass is 9.99. The van der Waals surface area contributed by atoms with E-state index in [1.54, 1.807) is 0 Å². The van der Waals surface area contributed by atoms with Crippen molar-refractivity contribution in [1.82, 2.24) is 0 Å². The van der Waals surface area contributed by atoms with Gasteiger partial charge in [-0.3, -0.25) is 37.3 Å². The van der Waals surface area contributed by atoms with E-state index < -0.39 is 97.5 Å². The van der Waals surface area contributed by atoms with E-state index in [0.717, 1.165) is 114 Å². The molecule has 0 amide bonds. The first-order chi connectivity index (χ1) is 47.6. The number of phosphoric ester groups is 2. The summed E-state index contributed by atoms with van der Waals surface area (Å²) in [5.74, 6) is 0.966. The van der Waals surface area contributed by atoms with E-state index in [-0.39, 0.29) is 25.7 Å². The third-order valence-electron chi connectivity index (χ3n) is 18.9. The lowest BCUT2D eigenvalue weighted by molar-refractivity contribution is -0.161. The highest BCUT2D eigenvalue weighted by Crippen LogP contribution is 2.45. The van der Waals surface area contributed by atoms with E-state index in [9.17, 15) is 43.2 Å². The highest BCUT2D eigenvalue weighted by molar-refractivity contribution is 7.47. The zero-order chi connectivity index (χ0) is 73.1. The molecule has 0 aliphatic heterocycles. The molecule has 0 aromatic heterocycles. The maximum Gasteiger partial charge on any atom is 0.472 e. The Morgan fingerprint density at radius 3 is 0.717 bits per heavy atom. The van der Waals surface area contributed by atoms with Gasteiger partial charge in [-0.15, -0.1) is 0 Å². The van der Waals surface area contributed by atoms with Gasteiger partial charge in [0.1, 0.15) is 19.3 Å². The Kier molecular flexibility index (Phi) is 67.8. The first kappa shape index (κ1) is 97.1. The van der Waals surface area contributed by atoms with Crippen molar-refractivity contribution in [2.75, 3.05) is 39.6 Å². The third kappa shape index (κ3) is 72.8. The summed E-state index contributed by atoms with van der Waals surface area (Å²) in [6.45, 7) is 14.2. The second-order valence-corrected chi connectivity index (χ2v) is 33.4. The molecule has 0 rings (SSSR count). The molecule has 0 radical (unpaired) electrons. The van der Waals surface area contributed by atoms with Crippen LogP contribution in [0.4, 0.5) is 0 Å². The molecule has 0 bridgehead atoms. The summed E-state index contributed by atoms with van der Waals surface area (Å²) in [4.78, 5) is 72.9. The third-order valence-corrected chi connectivity index (χ3v) is 20.8. The molecule has 0 heterocycles. The van der Waals surface area contributed by atoms with Crippen LogP contribution in [0.15, 0.2) is 0 Å². The molecule has 0 aliphatic rings. The zero-order valence-corrected chi connectivity index (χ0v) is 66.9. The summed E-state index contributed by atoms with van der Waals surface area (Å²) in [6.07, 6.45) is 55.6. The van der Waals surface area contributed by atoms with Crippen LogP contribution >= 0.6 is 15.6 Å². The van der Waals surface area contributed by atoms with Gasteiger partial charge in [0.2, 0.25) is 0 Å². The number of carbonyl (C=O) groups excluding carboxylic acids is 4. The summed E-state index contributed by atoms with van der Waals surface area (Å²) >= 11 is 0. The van der Waals surface area contributed by atoms with Crippen molar-refractivity contribution >= 4 is 39.5 Å². The first-order valence-corrected chi connectivity index (χ1v) is 44.2. The van der Waals surface area contributed by atoms with Crippen molar-refractivity contribution in [2.45, 2.75) is 427 Å². The summed E-state index contributed by atoms with van der Waals surface area (Å²) in [5, 5.41) is 10.6. The topological polar surface area (TPSA) is 237 Å². The lowest BCUT2D eigenvalue weighted by Crippen LogP contribution is -2.30. The number of hydrogen-bond acceptors (Lipinski definition) is 15. The van der Waals surface area contributed by atoms with Gasteiger partial charge in [0.15, 0.2) is 12.2 Å². The second kappa shape index (κ2) is 69.1. The molecule has 99 heavy (non-hydrogen) atoms. The van der Waals surface area contributed by atoms with Crippen LogP contribution in [-0.4, -0.2) is 96.7 Å². The number of phosphoric acid groups is 2. The van der Waals surface area contributed by atoms with Crippen LogP contribution in [0.1, 0.15) is 409 Å². The van der Waals surface area contributed by atoms with Crippen LogP contribution in [-0.2, 0) is 65.4 Å². The van der Waals surface area contributed by atoms with Crippen molar-refractivity contribution in [2.24, 2.45) is 23.7 Å². The number of rotatable bonds is 77. The van der Waals surface area contributed by atoms with Crippen LogP contribution in [0.2, 0.25) is 0 Å². The Morgan fingerprint density at radius 2 is 0.485 bits per heavy atom. The summed E-state index contributed by atoms with van der Waals surface area (Å²) in [6, 6.07) is 0. The molecule has 0 fully saturated rings. The van der Waals surface area contributed by atoms with E-state index in [4.69, 9.17) is 37.0 Å². The minimum atomic E-state index is -4.96. The Bertz CT molecular complexity index is 1940. The molecule has 0 saturated heterocycles. The van der Waals surface area contributed by atoms with E-state index in [0.29, 0.717) is 31.6 Å². The van der Waals surface area contributed by atoms with Gasteiger partial charge in [0, 0.05) is 25.7 Å². The minimum absolute atomic E-state index is 0.104. The Balaban J connectivity index is 5.21. The molecule has 588 valence electrons. The van der Waals surface area contributed by atoms with E-state index in [1.165, 1.54) is 205 Å². The molecular formula is C80H156O17P2. The fourth-order valence-electron chi connectivity index (χ4n) is 12.2. The molecular weight excluding hydrogens is 1290 g/mol. The molecule has 0 saturated carbocycles. The Morgan fingerprint density at radius 1 is 0.283 bits per heavy atom. The SMILES string of the molecule is CCC(C)CCCCCCCCCCC(=O)O[C@H](COC(=O)CCCCCCCCCC(C)C)COP(=O)(O)OCC(O)COP(=O)(O)OC[C@@H](COC(=O)CCCCCCCCCCCCCCCCCCCCC(C)C)OC(=O)CCCCCCCCCCCCCCCC(C)C. The summed E-state index contributed by atoms with van der Waals surface area (Å²) < 4.78 is 68.6. The fourth-order valence-corrected chi connectivity index (χ4v) is 13.8. The smallest absolute Gasteiger partial charge is 0.462 e. The molecule has 0 spiro atoms. The van der Waals surface area contributed by atoms with Gasteiger partial charge in [-0.2, -0.15) is 0 Å². The van der Waals surface area contributed by atoms with Crippen molar-refractivity contribution in [3.05, 3.63) is 0 Å². The number of carbonyl (C=O) groups is 4. The average Bonchev–Trinajstić information content (AvgIpc) is 0.978. The van der Waals surface area contributed by atoms with E-state index in [2.05, 4.69) is 55.4 Å². The lowest BCUT2D eigenvalue weighted by Gasteiger charge is -2.21. The first-order valence-electron chi connectivity index (χ1n) is 41.2. The minimum Gasteiger partial charge on any atom is -0.462 e. The van der Waals surface area contributed by atoms with Gasteiger partial charge in [-0.25, -0.2) is 9.13 Å². The van der Waals surface area contributed by atoms with Gasteiger partial charge in [0.25, 0.3) is 0 Å². The zero-order valence-electron chi connectivity index (χ0n) is 65.1. The van der Waals surface area contributed by atoms with Crippen LogP contribution < -0.4 is 0 Å². The molecule has 3 N–H and O–H groups in total. The number of unbranched alkanes of at least 4 members (excludes halogenated alkanes) is 42. The quantitative estimate of drug-likeness (QED) is 0.0222. The number of aliphatic hydroxyl groups is 1. The Labute approximate surface area is 607 Å². The van der Waals surface area contributed by atoms with Crippen molar-refractivity contribution in [3.63, 3.8) is 0 Å². The molecule has 0 aliphatic carbocycles. The summed E-state index contributed by atoms with van der Waals surface area (Å²) in [7, 11) is -9.92. The maximum absolute atomic E-state index is 13.1. The second-order valence-electron chi connectivity index (χ2n) is 30.5. The standard InChI is InChI=1S/C80H156O17P2/c1-9-73(8)59-51-43-35-29-30-38-47-55-63-80(85)97-76(67-91-78(83)61-53-45-39-31-34-42-50-58-72(6)7)69-95-99(88,89)93-65-74(81)64-92-98(86,87)94-68-75(96-79(84)62-54-46-37-28-24-20-16-18-22-26-33-41-49-57-71(4)5)66-90-77(82)60-52-44-36-27-23-19-15-13-11-10-12-14-17-21-25-32-40-48-56-70(2)3/h70-76,81H,9-69H2,1-8H3,(H,86,87)(H,88,89)/t73?,74?,75-,76-/m1/s1.